The van der Waals surface area contributed by atoms with Gasteiger partial charge in [-0.25, -0.2) is 0 Å². The van der Waals surface area contributed by atoms with E-state index in [0.717, 1.165) is 100 Å². The second-order valence-electron chi connectivity index (χ2n) is 33.5. The molecule has 0 fully saturated rings. The van der Waals surface area contributed by atoms with Crippen molar-refractivity contribution in [3.63, 3.8) is 0 Å². The molecule has 0 aliphatic heterocycles. The van der Waals surface area contributed by atoms with Crippen LogP contribution in [0.5, 0.6) is 0 Å². The lowest BCUT2D eigenvalue weighted by Gasteiger charge is -2.36. The molecule has 1 atom stereocenters. The van der Waals surface area contributed by atoms with Gasteiger partial charge in [-0.15, -0.1) is 11.3 Å². The van der Waals surface area contributed by atoms with Crippen LogP contribution in [0.1, 0.15) is 180 Å². The predicted octanol–water partition coefficient (Wildman–Crippen LogP) is 26.9. The smallest absolute Gasteiger partial charge is 0.145 e. The maximum atomic E-state index is 7.81. The molecule has 0 N–H and O–H groups in total. The molecule has 15 rings (SSSR count). The monoisotopic (exact) mass is 1270 g/mol. The highest BCUT2D eigenvalue weighted by Gasteiger charge is 2.51. The second-order valence-corrected chi connectivity index (χ2v) is 34.5. The molecule has 0 amide bonds. The van der Waals surface area contributed by atoms with Gasteiger partial charge in [-0.3, -0.25) is 0 Å². The van der Waals surface area contributed by atoms with Gasteiger partial charge < -0.3 is 18.6 Å². The quantitative estimate of drug-likeness (QED) is 0.152. The third kappa shape index (κ3) is 10.3. The van der Waals surface area contributed by atoms with Crippen LogP contribution in [0.2, 0.25) is 0 Å². The van der Waals surface area contributed by atoms with Crippen LogP contribution in [0.3, 0.4) is 0 Å². The fraction of sp³-hybridized carbons (Fsp3) is 0.275. The van der Waals surface area contributed by atoms with E-state index in [0.29, 0.717) is 0 Å². The molecule has 0 spiro atoms. The Bertz CT molecular complexity index is 5250. The van der Waals surface area contributed by atoms with Gasteiger partial charge in [0.25, 0.3) is 0 Å². The third-order valence-corrected chi connectivity index (χ3v) is 21.9. The summed E-state index contributed by atoms with van der Waals surface area (Å²) < 4.78 is 17.2. The minimum Gasteiger partial charge on any atom is -0.456 e. The summed E-state index contributed by atoms with van der Waals surface area (Å²) in [7, 11) is 0. The molecule has 96 heavy (non-hydrogen) atoms. The Labute approximate surface area is 572 Å². The van der Waals surface area contributed by atoms with Crippen LogP contribution >= 0.6 is 11.3 Å². The van der Waals surface area contributed by atoms with Crippen LogP contribution < -0.4 is 9.80 Å². The summed E-state index contributed by atoms with van der Waals surface area (Å²) in [6.07, 6.45) is 0. The SMILES string of the molecule is CC(C)(C)c1ccc(N(c2ccc(C(C)(C)C)cc2)c2cc3c(c4c2sc2ccccc24)-c2c(cc(N(c4ccc(C(C)(C)C)cc4)c4ccc(C(C)(C)C)cc4)c4c2oc2ccccc24)C3(c2ccc(C(C)(C)C)cc2)c2ccc3oc4ccc(C(C)(C)C)cc4c3c2)cc1. The van der Waals surface area contributed by atoms with E-state index >= 15 is 0 Å². The molecule has 4 nitrogen and oxygen atoms in total. The largest absolute Gasteiger partial charge is 0.456 e. The molecule has 0 bridgehead atoms. The maximum Gasteiger partial charge on any atom is 0.145 e. The van der Waals surface area contributed by atoms with E-state index in [9.17, 15) is 0 Å². The van der Waals surface area contributed by atoms with Gasteiger partial charge in [-0.2, -0.15) is 0 Å². The van der Waals surface area contributed by atoms with E-state index < -0.39 is 5.41 Å². The molecular formula is C91H90N2O2S. The van der Waals surface area contributed by atoms with Crippen LogP contribution in [0.4, 0.5) is 34.1 Å². The van der Waals surface area contributed by atoms with Gasteiger partial charge in [-0.05, 0) is 191 Å². The van der Waals surface area contributed by atoms with Gasteiger partial charge >= 0.3 is 0 Å². The van der Waals surface area contributed by atoms with E-state index in [4.69, 9.17) is 8.83 Å². The first kappa shape index (κ1) is 62.9. The zero-order chi connectivity index (χ0) is 67.6. The average Bonchev–Trinajstić information content (AvgIpc) is 1.50. The van der Waals surface area contributed by atoms with E-state index in [1.165, 1.54) is 64.7 Å². The van der Waals surface area contributed by atoms with Gasteiger partial charge in [0, 0.05) is 59.9 Å². The highest BCUT2D eigenvalue weighted by Crippen LogP contribution is 2.65. The number of anilines is 6. The minimum absolute atomic E-state index is 0.0458. The van der Waals surface area contributed by atoms with Crippen molar-refractivity contribution in [3.8, 4) is 11.1 Å². The molecule has 3 heterocycles. The molecule has 5 heteroatoms. The molecule has 1 aliphatic carbocycles. The second kappa shape index (κ2) is 21.9. The van der Waals surface area contributed by atoms with Crippen molar-refractivity contribution in [2.24, 2.45) is 0 Å². The lowest BCUT2D eigenvalue weighted by Crippen LogP contribution is -2.29. The van der Waals surface area contributed by atoms with Crippen LogP contribution in [0.15, 0.2) is 227 Å². The summed E-state index contributed by atoms with van der Waals surface area (Å²) in [4.78, 5) is 5.08. The molecule has 3 aromatic heterocycles. The summed E-state index contributed by atoms with van der Waals surface area (Å²) in [5, 5.41) is 6.75. The van der Waals surface area contributed by atoms with E-state index in [1.807, 2.05) is 11.3 Å². The molecule has 0 saturated heterocycles. The number of nitrogens with zero attached hydrogens (tertiary/aromatic N) is 2. The van der Waals surface area contributed by atoms with Crippen molar-refractivity contribution in [1.29, 1.82) is 0 Å². The Hall–Kier alpha value is -9.16. The van der Waals surface area contributed by atoms with Crippen molar-refractivity contribution >= 4 is 110 Å². The predicted molar refractivity (Wildman–Crippen MR) is 413 cm³/mol. The summed E-state index contributed by atoms with van der Waals surface area (Å²) in [5.41, 5.74) is 23.1. The molecule has 14 aromatic rings. The summed E-state index contributed by atoms with van der Waals surface area (Å²) in [6, 6.07) is 84.1. The number of rotatable bonds is 8. The lowest BCUT2D eigenvalue weighted by atomic mass is 9.66. The van der Waals surface area contributed by atoms with E-state index in [-0.39, 0.29) is 32.5 Å². The van der Waals surface area contributed by atoms with Crippen LogP contribution in [0.25, 0.3) is 75.2 Å². The molecule has 482 valence electrons. The van der Waals surface area contributed by atoms with E-state index in [2.05, 4.69) is 353 Å². The minimum atomic E-state index is -1.01. The number of hydrogen-bond acceptors (Lipinski definition) is 5. The number of furan rings is 2. The Balaban J connectivity index is 1.17. The van der Waals surface area contributed by atoms with Gasteiger partial charge in [0.05, 0.1) is 26.9 Å². The lowest BCUT2D eigenvalue weighted by molar-refractivity contribution is 0.589. The van der Waals surface area contributed by atoms with Crippen molar-refractivity contribution in [2.45, 2.75) is 163 Å². The van der Waals surface area contributed by atoms with Crippen LogP contribution in [0, 0.1) is 0 Å². The topological polar surface area (TPSA) is 32.8 Å². The van der Waals surface area contributed by atoms with Crippen molar-refractivity contribution in [1.82, 2.24) is 0 Å². The molecule has 1 unspecified atom stereocenters. The van der Waals surface area contributed by atoms with Gasteiger partial charge in [-0.1, -0.05) is 246 Å². The zero-order valence-corrected chi connectivity index (χ0v) is 60.2. The number of thiophene rings is 1. The Morgan fingerprint density at radius 2 is 0.677 bits per heavy atom. The van der Waals surface area contributed by atoms with E-state index in [1.54, 1.807) is 0 Å². The number of benzene rings is 11. The first-order valence-electron chi connectivity index (χ1n) is 34.5. The molecular weight excluding hydrogens is 1190 g/mol. The molecule has 0 radical (unpaired) electrons. The number of hydrogen-bond donors (Lipinski definition) is 0. The fourth-order valence-corrected chi connectivity index (χ4v) is 16.3. The summed E-state index contributed by atoms with van der Waals surface area (Å²) >= 11 is 1.89. The van der Waals surface area contributed by atoms with Crippen LogP contribution in [-0.4, -0.2) is 0 Å². The van der Waals surface area contributed by atoms with Gasteiger partial charge in [0.1, 0.15) is 22.3 Å². The summed E-state index contributed by atoms with van der Waals surface area (Å²) in [5.74, 6) is 0. The highest BCUT2D eigenvalue weighted by molar-refractivity contribution is 7.26. The summed E-state index contributed by atoms with van der Waals surface area (Å²) in [6.45, 7) is 41.5. The Morgan fingerprint density at radius 1 is 0.302 bits per heavy atom. The fourth-order valence-electron chi connectivity index (χ4n) is 15.1. The average molecular weight is 1280 g/mol. The van der Waals surface area contributed by atoms with Crippen molar-refractivity contribution in [3.05, 3.63) is 274 Å². The van der Waals surface area contributed by atoms with Gasteiger partial charge in [0.2, 0.25) is 0 Å². The molecule has 0 saturated carbocycles. The van der Waals surface area contributed by atoms with Crippen molar-refractivity contribution < 1.29 is 8.83 Å². The molecule has 11 aromatic carbocycles. The molecule has 1 aliphatic rings. The Kier molecular flexibility index (Phi) is 14.4. The number of para-hydroxylation sites is 1. The zero-order valence-electron chi connectivity index (χ0n) is 59.4. The first-order valence-corrected chi connectivity index (χ1v) is 35.3. The van der Waals surface area contributed by atoms with Crippen molar-refractivity contribution in [2.75, 3.05) is 9.80 Å². The third-order valence-electron chi connectivity index (χ3n) is 20.7. The maximum absolute atomic E-state index is 7.81. The number of fused-ring (bicyclic) bond motifs is 14. The standard InChI is InChI=1S/C91H90N2O2S/c1-85(2,3)55-27-29-60(30-28-55)91(62-40-50-77-70(52-62)69-51-61(90(16,17)18)39-49-76(69)94-77)71-54-74(93(65-45-35-58(36-46-65)88(10,11)12)66-47-37-59(38-48-66)89(13,14)15)84-80(68-24-20-22-26-78(68)96-84)81(71)82-72(91)53-73(79-67-23-19-21-25-75(67)95-83(79)82)92(63-41-31-56(32-42-63)86(4,5)6)64-43-33-57(34-44-64)87(7,8)9/h19-54H,1-18H3. The first-order chi connectivity index (χ1) is 45.4. The highest BCUT2D eigenvalue weighted by atomic mass is 32.1. The normalized spacial score (nSPS) is 14.8. The Morgan fingerprint density at radius 3 is 1.17 bits per heavy atom. The van der Waals surface area contributed by atoms with Crippen LogP contribution in [-0.2, 0) is 37.9 Å². The van der Waals surface area contributed by atoms with Gasteiger partial charge in [0.15, 0.2) is 0 Å².